The van der Waals surface area contributed by atoms with Gasteiger partial charge in [-0.25, -0.2) is 0 Å². The van der Waals surface area contributed by atoms with Crippen molar-refractivity contribution in [2.45, 2.75) is 31.3 Å². The Morgan fingerprint density at radius 3 is 2.62 bits per heavy atom. The van der Waals surface area contributed by atoms with Crippen molar-refractivity contribution in [2.24, 2.45) is 0 Å². The van der Waals surface area contributed by atoms with Gasteiger partial charge in [0.15, 0.2) is 0 Å². The first-order chi connectivity index (χ1) is 7.45. The Hall–Kier alpha value is -1.11. The molecule has 0 fully saturated rings. The molecule has 1 aromatic rings. The predicted octanol–water partition coefficient (Wildman–Crippen LogP) is 2.08. The molecule has 0 heterocycles. The van der Waals surface area contributed by atoms with E-state index in [1.807, 2.05) is 13.8 Å². The minimum atomic E-state index is -4.23. The van der Waals surface area contributed by atoms with Crippen LogP contribution < -0.4 is 5.48 Å². The van der Waals surface area contributed by atoms with Gasteiger partial charge in [0.25, 0.3) is 10.1 Å². The van der Waals surface area contributed by atoms with Crippen LogP contribution >= 0.6 is 0 Å². The second-order valence-electron chi connectivity index (χ2n) is 3.41. The molecule has 2 N–H and O–H groups in total. The maximum atomic E-state index is 11.0. The van der Waals surface area contributed by atoms with Crippen LogP contribution in [0.1, 0.15) is 20.3 Å². The van der Waals surface area contributed by atoms with Gasteiger partial charge in [-0.15, -0.1) is 0 Å². The topological polar surface area (TPSA) is 75.6 Å². The Morgan fingerprint density at radius 1 is 1.44 bits per heavy atom. The SMILES string of the molecule is CCC(C)ONc1ccccc1S(=O)(=O)O. The summed E-state index contributed by atoms with van der Waals surface area (Å²) in [7, 11) is -4.23. The van der Waals surface area contributed by atoms with Gasteiger partial charge in [-0.05, 0) is 25.5 Å². The van der Waals surface area contributed by atoms with Gasteiger partial charge in [0.1, 0.15) is 4.90 Å². The monoisotopic (exact) mass is 245 g/mol. The fourth-order valence-electron chi connectivity index (χ4n) is 1.02. The van der Waals surface area contributed by atoms with Gasteiger partial charge >= 0.3 is 0 Å². The molecule has 0 aromatic heterocycles. The Morgan fingerprint density at radius 2 is 2.06 bits per heavy atom. The molecule has 16 heavy (non-hydrogen) atoms. The predicted molar refractivity (Wildman–Crippen MR) is 60.7 cm³/mol. The van der Waals surface area contributed by atoms with Crippen LogP contribution in [0.15, 0.2) is 29.2 Å². The van der Waals surface area contributed by atoms with Crippen LogP contribution in [0.25, 0.3) is 0 Å². The molecular weight excluding hydrogens is 230 g/mol. The minimum absolute atomic E-state index is 0.0468. The molecule has 1 aromatic carbocycles. The second kappa shape index (κ2) is 5.29. The summed E-state index contributed by atoms with van der Waals surface area (Å²) in [5.74, 6) is 0. The van der Waals surface area contributed by atoms with E-state index in [2.05, 4.69) is 5.48 Å². The van der Waals surface area contributed by atoms with E-state index in [1.54, 1.807) is 6.07 Å². The lowest BCUT2D eigenvalue weighted by atomic mass is 10.3. The van der Waals surface area contributed by atoms with Crippen molar-refractivity contribution in [3.63, 3.8) is 0 Å². The van der Waals surface area contributed by atoms with Crippen LogP contribution in [0.4, 0.5) is 5.69 Å². The molecule has 0 aliphatic heterocycles. The number of hydrogen-bond acceptors (Lipinski definition) is 4. The molecular formula is C10H15NO4S. The highest BCUT2D eigenvalue weighted by molar-refractivity contribution is 7.86. The highest BCUT2D eigenvalue weighted by Gasteiger charge is 2.14. The summed E-state index contributed by atoms with van der Waals surface area (Å²) in [6, 6.07) is 6.00. The first-order valence-corrected chi connectivity index (χ1v) is 6.37. The zero-order chi connectivity index (χ0) is 12.2. The summed E-state index contributed by atoms with van der Waals surface area (Å²) in [6.07, 6.45) is 0.746. The zero-order valence-corrected chi connectivity index (χ0v) is 9.99. The summed E-state index contributed by atoms with van der Waals surface area (Å²) >= 11 is 0. The molecule has 5 nitrogen and oxygen atoms in total. The third-order valence-electron chi connectivity index (χ3n) is 2.11. The van der Waals surface area contributed by atoms with Crippen molar-refractivity contribution >= 4 is 15.8 Å². The van der Waals surface area contributed by atoms with E-state index in [0.29, 0.717) is 0 Å². The largest absolute Gasteiger partial charge is 0.296 e. The Labute approximate surface area is 95.1 Å². The van der Waals surface area contributed by atoms with E-state index in [-0.39, 0.29) is 16.7 Å². The van der Waals surface area contributed by atoms with E-state index in [4.69, 9.17) is 9.39 Å². The van der Waals surface area contributed by atoms with Gasteiger partial charge in [0.05, 0.1) is 11.8 Å². The van der Waals surface area contributed by atoms with Gasteiger partial charge < -0.3 is 0 Å². The molecule has 0 radical (unpaired) electrons. The van der Waals surface area contributed by atoms with Crippen molar-refractivity contribution in [2.75, 3.05) is 5.48 Å². The van der Waals surface area contributed by atoms with Crippen LogP contribution in [-0.2, 0) is 15.0 Å². The molecule has 0 spiro atoms. The highest BCUT2D eigenvalue weighted by atomic mass is 32.2. The fraction of sp³-hybridized carbons (Fsp3) is 0.400. The van der Waals surface area contributed by atoms with E-state index < -0.39 is 10.1 Å². The lowest BCUT2D eigenvalue weighted by Crippen LogP contribution is -2.14. The van der Waals surface area contributed by atoms with Gasteiger partial charge in [-0.2, -0.15) is 8.42 Å². The van der Waals surface area contributed by atoms with Crippen LogP contribution in [-0.4, -0.2) is 19.1 Å². The third kappa shape index (κ3) is 3.48. The molecule has 0 amide bonds. The van der Waals surface area contributed by atoms with Crippen molar-refractivity contribution in [1.82, 2.24) is 0 Å². The highest BCUT2D eigenvalue weighted by Crippen LogP contribution is 2.20. The van der Waals surface area contributed by atoms with Crippen LogP contribution in [0.2, 0.25) is 0 Å². The average Bonchev–Trinajstić information content (AvgIpc) is 2.25. The van der Waals surface area contributed by atoms with Gasteiger partial charge in [-0.3, -0.25) is 14.9 Å². The Kier molecular flexibility index (Phi) is 4.28. The van der Waals surface area contributed by atoms with Crippen molar-refractivity contribution in [3.8, 4) is 0 Å². The number of nitrogens with one attached hydrogen (secondary N) is 1. The average molecular weight is 245 g/mol. The number of rotatable bonds is 5. The van der Waals surface area contributed by atoms with Crippen LogP contribution in [0.5, 0.6) is 0 Å². The van der Waals surface area contributed by atoms with E-state index >= 15 is 0 Å². The first kappa shape index (κ1) is 13.0. The fourth-order valence-corrected chi connectivity index (χ4v) is 1.66. The van der Waals surface area contributed by atoms with Crippen molar-refractivity contribution in [1.29, 1.82) is 0 Å². The molecule has 0 saturated heterocycles. The van der Waals surface area contributed by atoms with E-state index in [9.17, 15) is 8.42 Å². The van der Waals surface area contributed by atoms with Crippen LogP contribution in [0.3, 0.4) is 0 Å². The molecule has 1 atom stereocenters. The molecule has 0 saturated carbocycles. The molecule has 0 aliphatic rings. The molecule has 6 heteroatoms. The van der Waals surface area contributed by atoms with Crippen LogP contribution in [0, 0.1) is 0 Å². The van der Waals surface area contributed by atoms with Gasteiger partial charge in [0, 0.05) is 0 Å². The normalized spacial score (nSPS) is 13.4. The third-order valence-corrected chi connectivity index (χ3v) is 3.02. The number of hydrogen-bond donors (Lipinski definition) is 2. The van der Waals surface area contributed by atoms with E-state index in [1.165, 1.54) is 18.2 Å². The Bertz CT molecular complexity index is 444. The minimum Gasteiger partial charge on any atom is -0.282 e. The van der Waals surface area contributed by atoms with E-state index in [0.717, 1.165) is 6.42 Å². The molecule has 0 aliphatic carbocycles. The summed E-state index contributed by atoms with van der Waals surface area (Å²) < 4.78 is 31.0. The first-order valence-electron chi connectivity index (χ1n) is 4.93. The van der Waals surface area contributed by atoms with Gasteiger partial charge in [-0.1, -0.05) is 19.1 Å². The lowest BCUT2D eigenvalue weighted by Gasteiger charge is -2.13. The number of benzene rings is 1. The maximum Gasteiger partial charge on any atom is 0.296 e. The smallest absolute Gasteiger partial charge is 0.282 e. The number of anilines is 1. The number of para-hydroxylation sites is 1. The molecule has 90 valence electrons. The molecule has 1 rings (SSSR count). The summed E-state index contributed by atoms with van der Waals surface area (Å²) in [4.78, 5) is 4.99. The Balaban J connectivity index is 2.88. The standard InChI is InChI=1S/C10H15NO4S/c1-3-8(2)15-11-9-6-4-5-7-10(9)16(12,13)14/h4-8,11H,3H2,1-2H3,(H,12,13,14). The summed E-state index contributed by atoms with van der Waals surface area (Å²) in [5, 5.41) is 0. The zero-order valence-electron chi connectivity index (χ0n) is 9.17. The second-order valence-corrected chi connectivity index (χ2v) is 4.80. The maximum absolute atomic E-state index is 11.0. The summed E-state index contributed by atoms with van der Waals surface area (Å²) in [6.45, 7) is 3.80. The van der Waals surface area contributed by atoms with Gasteiger partial charge in [0.2, 0.25) is 0 Å². The molecule has 0 bridgehead atoms. The lowest BCUT2D eigenvalue weighted by molar-refractivity contribution is 0.111. The van der Waals surface area contributed by atoms with Crippen molar-refractivity contribution in [3.05, 3.63) is 24.3 Å². The van der Waals surface area contributed by atoms with Crippen molar-refractivity contribution < 1.29 is 17.8 Å². The summed E-state index contributed by atoms with van der Waals surface area (Å²) in [5.41, 5.74) is 2.76. The quantitative estimate of drug-likeness (QED) is 0.613. The molecule has 1 unspecified atom stereocenters.